The first kappa shape index (κ1) is 16.6. The fraction of sp³-hybridized carbons (Fsp3) is 0.900. The lowest BCUT2D eigenvalue weighted by atomic mass is 9.47. The second-order valence-electron chi connectivity index (χ2n) is 9.26. The van der Waals surface area contributed by atoms with Crippen LogP contribution in [-0.2, 0) is 14.3 Å². The van der Waals surface area contributed by atoms with Crippen molar-refractivity contribution in [2.24, 2.45) is 28.6 Å². The summed E-state index contributed by atoms with van der Waals surface area (Å²) in [6.07, 6.45) is 6.73. The molecule has 4 aliphatic rings. The van der Waals surface area contributed by atoms with Crippen LogP contribution in [0.4, 0.5) is 0 Å². The van der Waals surface area contributed by atoms with E-state index in [0.29, 0.717) is 48.3 Å². The van der Waals surface area contributed by atoms with Crippen LogP contribution in [-0.4, -0.2) is 42.9 Å². The van der Waals surface area contributed by atoms with Crippen LogP contribution >= 0.6 is 0 Å². The van der Waals surface area contributed by atoms with Crippen LogP contribution in [0.5, 0.6) is 0 Å². The lowest BCUT2D eigenvalue weighted by Gasteiger charge is -2.61. The van der Waals surface area contributed by atoms with E-state index in [0.717, 1.165) is 32.1 Å². The van der Waals surface area contributed by atoms with Crippen LogP contribution in [0.2, 0.25) is 0 Å². The average Bonchev–Trinajstić information content (AvgIpc) is 2.82. The molecule has 0 N–H and O–H groups in total. The molecule has 134 valence electrons. The third kappa shape index (κ3) is 1.95. The smallest absolute Gasteiger partial charge is 0.222 e. The van der Waals surface area contributed by atoms with Crippen molar-refractivity contribution in [3.05, 3.63) is 0 Å². The van der Waals surface area contributed by atoms with Crippen LogP contribution in [0.3, 0.4) is 0 Å². The number of hydrogen-bond donors (Lipinski definition) is 0. The Morgan fingerprint density at radius 3 is 2.58 bits per heavy atom. The molecule has 0 aromatic rings. The van der Waals surface area contributed by atoms with Gasteiger partial charge in [0.15, 0.2) is 0 Å². The fourth-order valence-electron chi connectivity index (χ4n) is 7.18. The minimum Gasteiger partial charge on any atom is -0.381 e. The lowest BCUT2D eigenvalue weighted by molar-refractivity contribution is -0.163. The Bertz CT molecular complexity index is 575. The molecule has 4 heteroatoms. The van der Waals surface area contributed by atoms with Crippen molar-refractivity contribution in [2.75, 3.05) is 14.2 Å². The van der Waals surface area contributed by atoms with Gasteiger partial charge in [0.25, 0.3) is 0 Å². The number of likely N-dealkylation sites (tertiary alicyclic amines) is 1. The second-order valence-corrected chi connectivity index (χ2v) is 9.26. The number of methoxy groups -OCH3 is 1. The van der Waals surface area contributed by atoms with E-state index < -0.39 is 0 Å². The molecule has 0 aromatic heterocycles. The van der Waals surface area contributed by atoms with Gasteiger partial charge in [-0.1, -0.05) is 13.8 Å². The largest absolute Gasteiger partial charge is 0.381 e. The van der Waals surface area contributed by atoms with E-state index in [9.17, 15) is 9.59 Å². The quantitative estimate of drug-likeness (QED) is 0.741. The Balaban J connectivity index is 1.69. The second kappa shape index (κ2) is 5.30. The van der Waals surface area contributed by atoms with Crippen LogP contribution in [0.1, 0.15) is 58.8 Å². The summed E-state index contributed by atoms with van der Waals surface area (Å²) >= 11 is 0. The summed E-state index contributed by atoms with van der Waals surface area (Å²) in [7, 11) is 3.77. The Hall–Kier alpha value is -0.900. The van der Waals surface area contributed by atoms with Crippen molar-refractivity contribution in [2.45, 2.75) is 70.9 Å². The SMILES string of the molecule is COC1CC(=O)[C@@]2(C)CC[C@@H]3[C@@H](CCC4N(C)C(=O)CC[C@@]43C)[C@H]12. The average molecular weight is 333 g/mol. The number of ketones is 1. The van der Waals surface area contributed by atoms with Gasteiger partial charge in [-0.25, -0.2) is 0 Å². The molecule has 3 saturated carbocycles. The first-order valence-electron chi connectivity index (χ1n) is 9.64. The van der Waals surface area contributed by atoms with Gasteiger partial charge >= 0.3 is 0 Å². The summed E-state index contributed by atoms with van der Waals surface area (Å²) in [6.45, 7) is 4.61. The molecule has 7 atom stereocenters. The number of Topliss-reactive ketones (excluding diaryl/α,β-unsaturated/α-hetero) is 1. The molecule has 1 aliphatic heterocycles. The highest BCUT2D eigenvalue weighted by Crippen LogP contribution is 2.64. The van der Waals surface area contributed by atoms with E-state index in [1.165, 1.54) is 0 Å². The number of carbonyl (C=O) groups excluding carboxylic acids is 2. The van der Waals surface area contributed by atoms with Gasteiger partial charge in [-0.15, -0.1) is 0 Å². The molecule has 0 spiro atoms. The summed E-state index contributed by atoms with van der Waals surface area (Å²) < 4.78 is 5.79. The number of hydrogen-bond acceptors (Lipinski definition) is 3. The van der Waals surface area contributed by atoms with Crippen LogP contribution < -0.4 is 0 Å². The molecule has 3 aliphatic carbocycles. The van der Waals surface area contributed by atoms with Gasteiger partial charge in [-0.05, 0) is 49.4 Å². The normalized spacial score (nSPS) is 51.2. The lowest BCUT2D eigenvalue weighted by Crippen LogP contribution is -2.62. The number of nitrogens with zero attached hydrogens (tertiary/aromatic N) is 1. The summed E-state index contributed by atoms with van der Waals surface area (Å²) in [5, 5.41) is 0. The number of fused-ring (bicyclic) bond motifs is 5. The van der Waals surface area contributed by atoms with E-state index in [-0.39, 0.29) is 16.9 Å². The van der Waals surface area contributed by atoms with Gasteiger partial charge in [0.05, 0.1) is 6.10 Å². The summed E-state index contributed by atoms with van der Waals surface area (Å²) in [6, 6.07) is 0.377. The topological polar surface area (TPSA) is 46.6 Å². The molecule has 4 rings (SSSR count). The van der Waals surface area contributed by atoms with Crippen molar-refractivity contribution < 1.29 is 14.3 Å². The Morgan fingerprint density at radius 2 is 1.88 bits per heavy atom. The van der Waals surface area contributed by atoms with Gasteiger partial charge in [0, 0.05) is 44.4 Å². The van der Waals surface area contributed by atoms with Crippen LogP contribution in [0, 0.1) is 28.6 Å². The zero-order chi connectivity index (χ0) is 17.3. The molecule has 1 heterocycles. The molecule has 0 radical (unpaired) electrons. The van der Waals surface area contributed by atoms with Crippen molar-refractivity contribution in [1.82, 2.24) is 4.90 Å². The standard InChI is InChI=1S/C20H31NO3/c1-19-10-8-17(23)21(3)15(19)6-5-12-13(19)7-9-20(2)16(22)11-14(24-4)18(12)20/h12-15,18H,5-11H2,1-4H3/t12-,13-,14?,15?,18-,19-,20-/m1/s1. The monoisotopic (exact) mass is 333 g/mol. The minimum absolute atomic E-state index is 0.0957. The predicted molar refractivity (Wildman–Crippen MR) is 91.4 cm³/mol. The highest BCUT2D eigenvalue weighted by molar-refractivity contribution is 5.88. The van der Waals surface area contributed by atoms with E-state index in [2.05, 4.69) is 13.8 Å². The van der Waals surface area contributed by atoms with Crippen LogP contribution in [0.25, 0.3) is 0 Å². The third-order valence-corrected chi connectivity index (χ3v) is 8.54. The molecule has 1 amide bonds. The first-order chi connectivity index (χ1) is 11.3. The highest BCUT2D eigenvalue weighted by atomic mass is 16.5. The Labute approximate surface area is 145 Å². The van der Waals surface area contributed by atoms with Gasteiger partial charge in [0.2, 0.25) is 5.91 Å². The molecule has 4 nitrogen and oxygen atoms in total. The highest BCUT2D eigenvalue weighted by Gasteiger charge is 2.63. The maximum atomic E-state index is 12.7. The van der Waals surface area contributed by atoms with Crippen molar-refractivity contribution in [3.63, 3.8) is 0 Å². The molecular formula is C20H31NO3. The summed E-state index contributed by atoms with van der Waals surface area (Å²) in [5.74, 6) is 2.29. The molecule has 2 unspecified atom stereocenters. The zero-order valence-corrected chi connectivity index (χ0v) is 15.5. The van der Waals surface area contributed by atoms with Crippen molar-refractivity contribution >= 4 is 11.7 Å². The van der Waals surface area contributed by atoms with E-state index in [1.54, 1.807) is 7.11 Å². The maximum Gasteiger partial charge on any atom is 0.222 e. The number of ether oxygens (including phenoxy) is 1. The molecule has 0 aromatic carbocycles. The number of amides is 1. The van der Waals surface area contributed by atoms with E-state index >= 15 is 0 Å². The maximum absolute atomic E-state index is 12.7. The number of carbonyl (C=O) groups is 2. The van der Waals surface area contributed by atoms with Gasteiger partial charge in [0.1, 0.15) is 5.78 Å². The van der Waals surface area contributed by atoms with Crippen molar-refractivity contribution in [3.8, 4) is 0 Å². The summed E-state index contributed by atoms with van der Waals surface area (Å²) in [5.41, 5.74) is 0.0261. The molecule has 1 saturated heterocycles. The molecule has 0 bridgehead atoms. The van der Waals surface area contributed by atoms with Crippen LogP contribution in [0.15, 0.2) is 0 Å². The Morgan fingerprint density at radius 1 is 1.12 bits per heavy atom. The fourth-order valence-corrected chi connectivity index (χ4v) is 7.18. The van der Waals surface area contributed by atoms with Gasteiger partial charge < -0.3 is 9.64 Å². The van der Waals surface area contributed by atoms with Gasteiger partial charge in [-0.3, -0.25) is 9.59 Å². The van der Waals surface area contributed by atoms with Crippen molar-refractivity contribution in [1.29, 1.82) is 0 Å². The number of piperidine rings is 1. The van der Waals surface area contributed by atoms with E-state index in [1.807, 2.05) is 11.9 Å². The molecule has 4 fully saturated rings. The number of rotatable bonds is 1. The summed E-state index contributed by atoms with van der Waals surface area (Å²) in [4.78, 5) is 26.9. The Kier molecular flexibility index (Phi) is 3.66. The minimum atomic E-state index is -0.179. The first-order valence-corrected chi connectivity index (χ1v) is 9.64. The molecular weight excluding hydrogens is 302 g/mol. The zero-order valence-electron chi connectivity index (χ0n) is 15.5. The van der Waals surface area contributed by atoms with Gasteiger partial charge in [-0.2, -0.15) is 0 Å². The third-order valence-electron chi connectivity index (χ3n) is 8.54. The predicted octanol–water partition coefficient (Wildman–Crippen LogP) is 3.04. The molecule has 24 heavy (non-hydrogen) atoms. The van der Waals surface area contributed by atoms with E-state index in [4.69, 9.17) is 4.74 Å².